The second-order valence-corrected chi connectivity index (χ2v) is 5.89. The second kappa shape index (κ2) is 5.79. The number of rotatable bonds is 2. The number of nitrogens with zero attached hydrogens (tertiary/aromatic N) is 1. The van der Waals surface area contributed by atoms with Crippen LogP contribution >= 0.6 is 0 Å². The first-order valence-corrected chi connectivity index (χ1v) is 7.63. The van der Waals surface area contributed by atoms with Gasteiger partial charge in [0.15, 0.2) is 17.4 Å². The first-order chi connectivity index (χ1) is 11.0. The van der Waals surface area contributed by atoms with Gasteiger partial charge in [-0.25, -0.2) is 8.78 Å². The standard InChI is InChI=1S/C16H18F2N2O3/c1-23-13-11(17)5-4-10(12(13)18)14(21)20-9-3-7-16(20)6-2-8-19-15(16)22/h4-5H,2-3,6-9H2,1H3,(H,19,22). The molecule has 1 N–H and O–H groups in total. The number of halogens is 2. The molecule has 2 fully saturated rings. The maximum atomic E-state index is 14.4. The number of carbonyl (C=O) groups is 2. The van der Waals surface area contributed by atoms with E-state index in [4.69, 9.17) is 0 Å². The van der Waals surface area contributed by atoms with Crippen LogP contribution in [0.4, 0.5) is 8.78 Å². The van der Waals surface area contributed by atoms with Crippen molar-refractivity contribution in [3.05, 3.63) is 29.3 Å². The van der Waals surface area contributed by atoms with Gasteiger partial charge in [0.1, 0.15) is 5.54 Å². The molecule has 5 nitrogen and oxygen atoms in total. The Morgan fingerprint density at radius 2 is 2.04 bits per heavy atom. The third kappa shape index (κ3) is 2.34. The van der Waals surface area contributed by atoms with E-state index in [0.717, 1.165) is 25.7 Å². The smallest absolute Gasteiger partial charge is 0.257 e. The van der Waals surface area contributed by atoms with Crippen molar-refractivity contribution in [1.29, 1.82) is 0 Å². The molecule has 1 spiro atoms. The van der Waals surface area contributed by atoms with E-state index in [2.05, 4.69) is 10.1 Å². The van der Waals surface area contributed by atoms with Gasteiger partial charge in [-0.15, -0.1) is 0 Å². The van der Waals surface area contributed by atoms with Crippen molar-refractivity contribution in [2.45, 2.75) is 31.2 Å². The molecule has 0 bridgehead atoms. The van der Waals surface area contributed by atoms with Gasteiger partial charge in [0.25, 0.3) is 5.91 Å². The minimum Gasteiger partial charge on any atom is -0.491 e. The van der Waals surface area contributed by atoms with Gasteiger partial charge in [-0.05, 0) is 37.8 Å². The van der Waals surface area contributed by atoms with Crippen molar-refractivity contribution in [3.8, 4) is 5.75 Å². The number of methoxy groups -OCH3 is 1. The van der Waals surface area contributed by atoms with Gasteiger partial charge < -0.3 is 15.0 Å². The van der Waals surface area contributed by atoms with Gasteiger partial charge in [0.05, 0.1) is 12.7 Å². The summed E-state index contributed by atoms with van der Waals surface area (Å²) in [7, 11) is 1.14. The molecule has 3 rings (SSSR count). The van der Waals surface area contributed by atoms with E-state index in [1.54, 1.807) is 0 Å². The molecule has 2 amide bonds. The molecule has 1 unspecified atom stereocenters. The lowest BCUT2D eigenvalue weighted by atomic mass is 9.86. The first-order valence-electron chi connectivity index (χ1n) is 7.63. The molecule has 2 heterocycles. The predicted octanol–water partition coefficient (Wildman–Crippen LogP) is 1.86. The molecule has 2 aliphatic rings. The topological polar surface area (TPSA) is 58.6 Å². The molecule has 0 saturated carbocycles. The Labute approximate surface area is 132 Å². The quantitative estimate of drug-likeness (QED) is 0.903. The van der Waals surface area contributed by atoms with Crippen LogP contribution in [0, 0.1) is 11.6 Å². The molecule has 1 aromatic rings. The van der Waals surface area contributed by atoms with Crippen LogP contribution in [0.3, 0.4) is 0 Å². The molecular weight excluding hydrogens is 306 g/mol. The number of ether oxygens (including phenoxy) is 1. The lowest BCUT2D eigenvalue weighted by molar-refractivity contribution is -0.133. The van der Waals surface area contributed by atoms with Crippen molar-refractivity contribution < 1.29 is 23.1 Å². The number of likely N-dealkylation sites (tertiary alicyclic amines) is 1. The van der Waals surface area contributed by atoms with Crippen LogP contribution in [0.2, 0.25) is 0 Å². The van der Waals surface area contributed by atoms with E-state index in [-0.39, 0.29) is 11.5 Å². The van der Waals surface area contributed by atoms with Crippen LogP contribution in [0.1, 0.15) is 36.0 Å². The van der Waals surface area contributed by atoms with Gasteiger partial charge >= 0.3 is 0 Å². The van der Waals surface area contributed by atoms with Crippen molar-refractivity contribution in [1.82, 2.24) is 10.2 Å². The molecule has 124 valence electrons. The highest BCUT2D eigenvalue weighted by Gasteiger charge is 2.50. The average molecular weight is 324 g/mol. The van der Waals surface area contributed by atoms with Crippen LogP contribution in [-0.2, 0) is 4.79 Å². The van der Waals surface area contributed by atoms with Gasteiger partial charge in [-0.3, -0.25) is 9.59 Å². The van der Waals surface area contributed by atoms with Crippen molar-refractivity contribution >= 4 is 11.8 Å². The Hall–Kier alpha value is -2.18. The molecule has 23 heavy (non-hydrogen) atoms. The van der Waals surface area contributed by atoms with E-state index >= 15 is 0 Å². The normalized spacial score (nSPS) is 24.0. The van der Waals surface area contributed by atoms with E-state index in [1.165, 1.54) is 4.90 Å². The summed E-state index contributed by atoms with van der Waals surface area (Å²) in [6.45, 7) is 0.965. The Morgan fingerprint density at radius 1 is 1.30 bits per heavy atom. The summed E-state index contributed by atoms with van der Waals surface area (Å²) in [4.78, 5) is 26.6. The number of amides is 2. The second-order valence-electron chi connectivity index (χ2n) is 5.89. The number of piperidine rings is 1. The summed E-state index contributed by atoms with van der Waals surface area (Å²) in [5.41, 5.74) is -1.19. The third-order valence-corrected chi connectivity index (χ3v) is 4.69. The van der Waals surface area contributed by atoms with Crippen LogP contribution in [0.5, 0.6) is 5.75 Å². The Balaban J connectivity index is 1.98. The van der Waals surface area contributed by atoms with Gasteiger partial charge in [0.2, 0.25) is 5.91 Å². The minimum absolute atomic E-state index is 0.191. The highest BCUT2D eigenvalue weighted by Crippen LogP contribution is 2.37. The molecule has 1 aromatic carbocycles. The van der Waals surface area contributed by atoms with Gasteiger partial charge in [0, 0.05) is 13.1 Å². The Kier molecular flexibility index (Phi) is 3.95. The molecule has 2 aliphatic heterocycles. The van der Waals surface area contributed by atoms with Crippen molar-refractivity contribution in [2.24, 2.45) is 0 Å². The van der Waals surface area contributed by atoms with Gasteiger partial charge in [-0.1, -0.05) is 0 Å². The monoisotopic (exact) mass is 324 g/mol. The summed E-state index contributed by atoms with van der Waals surface area (Å²) >= 11 is 0. The van der Waals surface area contributed by atoms with E-state index in [1.807, 2.05) is 0 Å². The zero-order chi connectivity index (χ0) is 16.6. The fourth-order valence-electron chi connectivity index (χ4n) is 3.56. The fourth-order valence-corrected chi connectivity index (χ4v) is 3.56. The molecule has 7 heteroatoms. The summed E-state index contributed by atoms with van der Waals surface area (Å²) < 4.78 is 32.6. The van der Waals surface area contributed by atoms with Crippen LogP contribution < -0.4 is 10.1 Å². The molecule has 2 saturated heterocycles. The lowest BCUT2D eigenvalue weighted by Gasteiger charge is -2.40. The maximum absolute atomic E-state index is 14.4. The summed E-state index contributed by atoms with van der Waals surface area (Å²) in [5, 5.41) is 2.79. The van der Waals surface area contributed by atoms with E-state index in [9.17, 15) is 18.4 Å². The zero-order valence-corrected chi connectivity index (χ0v) is 12.8. The van der Waals surface area contributed by atoms with Crippen LogP contribution in [-0.4, -0.2) is 42.5 Å². The van der Waals surface area contributed by atoms with Gasteiger partial charge in [-0.2, -0.15) is 0 Å². The molecular formula is C16H18F2N2O3. The van der Waals surface area contributed by atoms with E-state index in [0.29, 0.717) is 32.4 Å². The SMILES string of the molecule is COc1c(F)ccc(C(=O)N2CCCC23CCCNC3=O)c1F. The number of nitrogens with one attached hydrogen (secondary N) is 1. The maximum Gasteiger partial charge on any atom is 0.257 e. The number of hydrogen-bond donors (Lipinski definition) is 1. The zero-order valence-electron chi connectivity index (χ0n) is 12.8. The summed E-state index contributed by atoms with van der Waals surface area (Å²) in [5.74, 6) is -3.28. The van der Waals surface area contributed by atoms with E-state index < -0.39 is 28.8 Å². The fraction of sp³-hybridized carbons (Fsp3) is 0.500. The van der Waals surface area contributed by atoms with Crippen molar-refractivity contribution in [3.63, 3.8) is 0 Å². The summed E-state index contributed by atoms with van der Waals surface area (Å²) in [6.07, 6.45) is 2.57. The summed E-state index contributed by atoms with van der Waals surface area (Å²) in [6, 6.07) is 2.10. The van der Waals surface area contributed by atoms with Crippen LogP contribution in [0.25, 0.3) is 0 Å². The minimum atomic E-state index is -1.03. The highest BCUT2D eigenvalue weighted by atomic mass is 19.1. The van der Waals surface area contributed by atoms with Crippen LogP contribution in [0.15, 0.2) is 12.1 Å². The molecule has 0 aromatic heterocycles. The molecule has 1 atom stereocenters. The largest absolute Gasteiger partial charge is 0.491 e. The average Bonchev–Trinajstić information content (AvgIpc) is 2.95. The first kappa shape index (κ1) is 15.7. The highest BCUT2D eigenvalue weighted by molar-refractivity contribution is 6.00. The lowest BCUT2D eigenvalue weighted by Crippen LogP contribution is -2.60. The van der Waals surface area contributed by atoms with Crippen molar-refractivity contribution in [2.75, 3.05) is 20.2 Å². The Morgan fingerprint density at radius 3 is 2.74 bits per heavy atom. The third-order valence-electron chi connectivity index (χ3n) is 4.69. The molecule has 0 radical (unpaired) electrons. The predicted molar refractivity (Wildman–Crippen MR) is 78.2 cm³/mol. The Bertz CT molecular complexity index is 665. The number of hydrogen-bond acceptors (Lipinski definition) is 3. The number of carbonyl (C=O) groups excluding carboxylic acids is 2. The number of benzene rings is 1. The molecule has 0 aliphatic carbocycles.